The second-order valence-corrected chi connectivity index (χ2v) is 15.1. The molecule has 12 aromatic rings. The van der Waals surface area contributed by atoms with Gasteiger partial charge in [-0.1, -0.05) is 121 Å². The number of para-hydroxylation sites is 2. The fourth-order valence-electron chi connectivity index (χ4n) is 8.37. The average molecular weight is 721 g/mol. The molecule has 12 rings (SSSR count). The Bertz CT molecular complexity index is 3500. The van der Waals surface area contributed by atoms with Gasteiger partial charge in [-0.2, -0.15) is 0 Å². The molecule has 0 unspecified atom stereocenters. The van der Waals surface area contributed by atoms with Crippen LogP contribution in [-0.4, -0.2) is 19.5 Å². The van der Waals surface area contributed by atoms with E-state index < -0.39 is 0 Å². The molecule has 0 aliphatic carbocycles. The number of hydrogen-bond donors (Lipinski definition) is 0. The Hall–Kier alpha value is -7.15. The van der Waals surface area contributed by atoms with Gasteiger partial charge in [-0.25, -0.2) is 15.0 Å². The van der Waals surface area contributed by atoms with Crippen molar-refractivity contribution in [2.45, 2.75) is 0 Å². The van der Waals surface area contributed by atoms with Crippen molar-refractivity contribution in [1.29, 1.82) is 0 Å². The smallest absolute Gasteiger partial charge is 0.164 e. The van der Waals surface area contributed by atoms with Crippen LogP contribution in [0.2, 0.25) is 0 Å². The van der Waals surface area contributed by atoms with Gasteiger partial charge in [0.15, 0.2) is 17.5 Å². The first kappa shape index (κ1) is 30.3. The standard InChI is InChI=1S/C49H28N4OS/c1-2-13-29(14-3-1)47-50-48(36-20-12-24-44-46(36)35-19-8-11-23-43(35)55-44)52-49(51-47)38-27-32(28-42-45(38)34-18-7-10-22-41(34)54-42)53-39-21-9-6-17-33(39)37-25-30-15-4-5-16-31(30)26-40(37)53/h1-28H. The van der Waals surface area contributed by atoms with E-state index in [0.29, 0.717) is 17.5 Å². The molecule has 4 aromatic heterocycles. The summed E-state index contributed by atoms with van der Waals surface area (Å²) in [5.41, 5.74) is 7.59. The molecule has 0 amide bonds. The Morgan fingerprint density at radius 2 is 1.09 bits per heavy atom. The first-order chi connectivity index (χ1) is 27.2. The number of nitrogens with zero attached hydrogens (tertiary/aromatic N) is 4. The zero-order chi connectivity index (χ0) is 36.0. The van der Waals surface area contributed by atoms with Gasteiger partial charge in [0.05, 0.1) is 16.7 Å². The molecule has 0 aliphatic heterocycles. The largest absolute Gasteiger partial charge is 0.456 e. The van der Waals surface area contributed by atoms with E-state index in [-0.39, 0.29) is 0 Å². The lowest BCUT2D eigenvalue weighted by Gasteiger charge is -2.13. The third-order valence-electron chi connectivity index (χ3n) is 10.8. The Labute approximate surface area is 318 Å². The fraction of sp³-hybridized carbons (Fsp3) is 0. The summed E-state index contributed by atoms with van der Waals surface area (Å²) in [5.74, 6) is 1.84. The number of rotatable bonds is 4. The van der Waals surface area contributed by atoms with E-state index in [1.165, 1.54) is 36.3 Å². The number of aromatic nitrogens is 4. The Morgan fingerprint density at radius 3 is 1.96 bits per heavy atom. The van der Waals surface area contributed by atoms with Crippen LogP contribution >= 0.6 is 11.3 Å². The second-order valence-electron chi connectivity index (χ2n) is 14.0. The van der Waals surface area contributed by atoms with Gasteiger partial charge in [-0.3, -0.25) is 0 Å². The first-order valence-electron chi connectivity index (χ1n) is 18.4. The van der Waals surface area contributed by atoms with Crippen LogP contribution in [0.25, 0.3) is 115 Å². The third kappa shape index (κ3) is 4.62. The molecule has 6 heteroatoms. The lowest BCUT2D eigenvalue weighted by atomic mass is 10.0. The van der Waals surface area contributed by atoms with E-state index in [1.54, 1.807) is 11.3 Å². The van der Waals surface area contributed by atoms with Crippen LogP contribution in [0.15, 0.2) is 174 Å². The molecule has 0 N–H and O–H groups in total. The lowest BCUT2D eigenvalue weighted by Crippen LogP contribution is -2.02. The molecule has 0 radical (unpaired) electrons. The maximum Gasteiger partial charge on any atom is 0.164 e. The minimum absolute atomic E-state index is 0.588. The SMILES string of the molecule is c1ccc(-c2nc(-c3cc(-n4c5ccccc5c5cc6ccccc6cc54)cc4oc5ccccc5c34)nc(-c3cccc4sc5ccccc5c34)n2)cc1. The van der Waals surface area contributed by atoms with Crippen molar-refractivity contribution in [1.82, 2.24) is 19.5 Å². The molecule has 0 aliphatic rings. The van der Waals surface area contributed by atoms with E-state index in [9.17, 15) is 0 Å². The number of hydrogen-bond acceptors (Lipinski definition) is 5. The second kappa shape index (κ2) is 11.7. The van der Waals surface area contributed by atoms with Crippen LogP contribution in [0, 0.1) is 0 Å². The van der Waals surface area contributed by atoms with E-state index in [1.807, 2.05) is 30.3 Å². The molecule has 0 spiro atoms. The van der Waals surface area contributed by atoms with Crippen LogP contribution in [0.4, 0.5) is 0 Å². The number of thiophene rings is 1. The normalized spacial score (nSPS) is 12.0. The summed E-state index contributed by atoms with van der Waals surface area (Å²) in [4.78, 5) is 15.9. The molecule has 0 saturated heterocycles. The van der Waals surface area contributed by atoms with Gasteiger partial charge < -0.3 is 8.98 Å². The van der Waals surface area contributed by atoms with Crippen molar-refractivity contribution in [2.24, 2.45) is 0 Å². The van der Waals surface area contributed by atoms with E-state index in [0.717, 1.165) is 60.7 Å². The molecule has 8 aromatic carbocycles. The molecule has 0 saturated carbocycles. The van der Waals surface area contributed by atoms with Crippen molar-refractivity contribution < 1.29 is 4.42 Å². The van der Waals surface area contributed by atoms with E-state index in [4.69, 9.17) is 19.4 Å². The lowest BCUT2D eigenvalue weighted by molar-refractivity contribution is 0.668. The third-order valence-corrected chi connectivity index (χ3v) is 11.9. The predicted octanol–water partition coefficient (Wildman–Crippen LogP) is 13.4. The summed E-state index contributed by atoms with van der Waals surface area (Å²) < 4.78 is 11.5. The van der Waals surface area contributed by atoms with Gasteiger partial charge in [-0.15, -0.1) is 11.3 Å². The number of furan rings is 1. The van der Waals surface area contributed by atoms with Crippen LogP contribution < -0.4 is 0 Å². The summed E-state index contributed by atoms with van der Waals surface area (Å²) in [7, 11) is 0. The zero-order valence-corrected chi connectivity index (χ0v) is 30.1. The molecule has 0 bridgehead atoms. The Morgan fingerprint density at radius 1 is 0.418 bits per heavy atom. The summed E-state index contributed by atoms with van der Waals surface area (Å²) in [6.07, 6.45) is 0. The van der Waals surface area contributed by atoms with Gasteiger partial charge in [0.1, 0.15) is 11.2 Å². The molecular formula is C49H28N4OS. The maximum absolute atomic E-state index is 6.69. The molecular weight excluding hydrogens is 693 g/mol. The average Bonchev–Trinajstić information content (AvgIpc) is 3.92. The fourth-order valence-corrected chi connectivity index (χ4v) is 9.50. The van der Waals surface area contributed by atoms with Gasteiger partial charge in [0.25, 0.3) is 0 Å². The predicted molar refractivity (Wildman–Crippen MR) is 228 cm³/mol. The van der Waals surface area contributed by atoms with Gasteiger partial charge in [0.2, 0.25) is 0 Å². The summed E-state index contributed by atoms with van der Waals surface area (Å²) in [6.45, 7) is 0. The summed E-state index contributed by atoms with van der Waals surface area (Å²) in [5, 5.41) is 9.14. The molecule has 0 fully saturated rings. The minimum atomic E-state index is 0.588. The number of benzene rings is 8. The molecule has 0 atom stereocenters. The highest BCUT2D eigenvalue weighted by molar-refractivity contribution is 7.25. The highest BCUT2D eigenvalue weighted by Crippen LogP contribution is 2.43. The van der Waals surface area contributed by atoms with Gasteiger partial charge >= 0.3 is 0 Å². The maximum atomic E-state index is 6.69. The monoisotopic (exact) mass is 720 g/mol. The molecule has 4 heterocycles. The summed E-state index contributed by atoms with van der Waals surface area (Å²) in [6, 6.07) is 59.6. The molecule has 55 heavy (non-hydrogen) atoms. The number of fused-ring (bicyclic) bond motifs is 10. The van der Waals surface area contributed by atoms with Crippen LogP contribution in [-0.2, 0) is 0 Å². The van der Waals surface area contributed by atoms with Crippen molar-refractivity contribution in [3.05, 3.63) is 170 Å². The van der Waals surface area contributed by atoms with Crippen molar-refractivity contribution in [3.8, 4) is 39.9 Å². The van der Waals surface area contributed by atoms with Crippen molar-refractivity contribution in [2.75, 3.05) is 0 Å². The zero-order valence-electron chi connectivity index (χ0n) is 29.3. The van der Waals surface area contributed by atoms with Crippen molar-refractivity contribution >= 4 is 86.0 Å². The van der Waals surface area contributed by atoms with Crippen LogP contribution in [0.3, 0.4) is 0 Å². The Kier molecular flexibility index (Phi) is 6.44. The van der Waals surface area contributed by atoms with E-state index in [2.05, 4.69) is 144 Å². The van der Waals surface area contributed by atoms with E-state index >= 15 is 0 Å². The highest BCUT2D eigenvalue weighted by Gasteiger charge is 2.23. The van der Waals surface area contributed by atoms with Crippen LogP contribution in [0.5, 0.6) is 0 Å². The van der Waals surface area contributed by atoms with Crippen LogP contribution in [0.1, 0.15) is 0 Å². The minimum Gasteiger partial charge on any atom is -0.456 e. The summed E-state index contributed by atoms with van der Waals surface area (Å²) >= 11 is 1.79. The highest BCUT2D eigenvalue weighted by atomic mass is 32.1. The van der Waals surface area contributed by atoms with Crippen molar-refractivity contribution in [3.63, 3.8) is 0 Å². The van der Waals surface area contributed by atoms with Gasteiger partial charge in [0, 0.05) is 64.5 Å². The quantitative estimate of drug-likeness (QED) is 0.182. The molecule has 256 valence electrons. The molecule has 5 nitrogen and oxygen atoms in total. The Balaban J connectivity index is 1.20. The van der Waals surface area contributed by atoms with Gasteiger partial charge in [-0.05, 0) is 53.2 Å². The topological polar surface area (TPSA) is 56.7 Å². The first-order valence-corrected chi connectivity index (χ1v) is 19.2.